The SMILES string of the molecule is Oc1cccc(-c2cn3ccc(N4CCC(F)CC4)nc3n2)c1. The second-order valence-corrected chi connectivity index (χ2v) is 5.83. The van der Waals surface area contributed by atoms with E-state index < -0.39 is 6.17 Å². The number of aromatic nitrogens is 3. The van der Waals surface area contributed by atoms with E-state index in [0.717, 1.165) is 17.1 Å². The summed E-state index contributed by atoms with van der Waals surface area (Å²) in [7, 11) is 0. The summed E-state index contributed by atoms with van der Waals surface area (Å²) in [5, 5.41) is 9.60. The van der Waals surface area contributed by atoms with Crippen LogP contribution in [0.15, 0.2) is 42.7 Å². The van der Waals surface area contributed by atoms with Crippen LogP contribution in [0.1, 0.15) is 12.8 Å². The highest BCUT2D eigenvalue weighted by Gasteiger charge is 2.19. The van der Waals surface area contributed by atoms with Crippen LogP contribution in [-0.2, 0) is 0 Å². The van der Waals surface area contributed by atoms with Crippen LogP contribution in [0.3, 0.4) is 0 Å². The van der Waals surface area contributed by atoms with Gasteiger partial charge >= 0.3 is 0 Å². The molecule has 118 valence electrons. The third kappa shape index (κ3) is 2.72. The maximum absolute atomic E-state index is 13.3. The molecule has 0 saturated carbocycles. The van der Waals surface area contributed by atoms with Crippen LogP contribution in [0.2, 0.25) is 0 Å². The number of piperidine rings is 1. The van der Waals surface area contributed by atoms with Gasteiger partial charge in [-0.1, -0.05) is 12.1 Å². The van der Waals surface area contributed by atoms with Crippen molar-refractivity contribution < 1.29 is 9.50 Å². The van der Waals surface area contributed by atoms with Crippen molar-refractivity contribution in [2.75, 3.05) is 18.0 Å². The van der Waals surface area contributed by atoms with Crippen LogP contribution >= 0.6 is 0 Å². The molecule has 0 radical (unpaired) electrons. The molecule has 1 aliphatic heterocycles. The fraction of sp³-hybridized carbons (Fsp3) is 0.294. The van der Waals surface area contributed by atoms with Crippen LogP contribution in [0.5, 0.6) is 5.75 Å². The van der Waals surface area contributed by atoms with E-state index in [1.54, 1.807) is 18.2 Å². The summed E-state index contributed by atoms with van der Waals surface area (Å²) in [4.78, 5) is 11.2. The Bertz CT molecular complexity index is 839. The van der Waals surface area contributed by atoms with Gasteiger partial charge < -0.3 is 10.0 Å². The Morgan fingerprint density at radius 1 is 1.13 bits per heavy atom. The van der Waals surface area contributed by atoms with E-state index in [0.29, 0.717) is 31.7 Å². The highest BCUT2D eigenvalue weighted by Crippen LogP contribution is 2.24. The van der Waals surface area contributed by atoms with E-state index in [1.807, 2.05) is 28.9 Å². The predicted octanol–water partition coefficient (Wildman–Crippen LogP) is 3.04. The predicted molar refractivity (Wildman–Crippen MR) is 86.4 cm³/mol. The zero-order chi connectivity index (χ0) is 15.8. The number of benzene rings is 1. The molecule has 0 atom stereocenters. The van der Waals surface area contributed by atoms with Crippen molar-refractivity contribution in [3.63, 3.8) is 0 Å². The van der Waals surface area contributed by atoms with E-state index in [-0.39, 0.29) is 5.75 Å². The van der Waals surface area contributed by atoms with Gasteiger partial charge in [0, 0.05) is 31.0 Å². The van der Waals surface area contributed by atoms with Gasteiger partial charge in [0.1, 0.15) is 17.7 Å². The number of aromatic hydroxyl groups is 1. The second kappa shape index (κ2) is 5.53. The van der Waals surface area contributed by atoms with Crippen molar-refractivity contribution in [1.82, 2.24) is 14.4 Å². The summed E-state index contributed by atoms with van der Waals surface area (Å²) in [5.41, 5.74) is 1.60. The maximum atomic E-state index is 13.3. The van der Waals surface area contributed by atoms with Crippen LogP contribution in [-0.4, -0.2) is 38.7 Å². The molecular weight excluding hydrogens is 295 g/mol. The zero-order valence-corrected chi connectivity index (χ0v) is 12.6. The van der Waals surface area contributed by atoms with Gasteiger partial charge in [-0.2, -0.15) is 4.98 Å². The Labute approximate surface area is 133 Å². The first-order valence-electron chi connectivity index (χ1n) is 7.73. The summed E-state index contributed by atoms with van der Waals surface area (Å²) in [5.74, 6) is 1.64. The quantitative estimate of drug-likeness (QED) is 0.790. The fourth-order valence-electron chi connectivity index (χ4n) is 2.92. The molecule has 5 nitrogen and oxygen atoms in total. The van der Waals surface area contributed by atoms with Gasteiger partial charge in [0.2, 0.25) is 5.78 Å². The second-order valence-electron chi connectivity index (χ2n) is 5.83. The minimum absolute atomic E-state index is 0.210. The molecule has 6 heteroatoms. The lowest BCUT2D eigenvalue weighted by Gasteiger charge is -2.29. The Balaban J connectivity index is 1.67. The molecule has 3 aromatic rings. The van der Waals surface area contributed by atoms with Gasteiger partial charge in [-0.05, 0) is 31.0 Å². The molecule has 3 heterocycles. The average molecular weight is 312 g/mol. The molecule has 1 saturated heterocycles. The van der Waals surface area contributed by atoms with Crippen molar-refractivity contribution in [3.05, 3.63) is 42.7 Å². The molecule has 23 heavy (non-hydrogen) atoms. The zero-order valence-electron chi connectivity index (χ0n) is 12.6. The van der Waals surface area contributed by atoms with Gasteiger partial charge in [0.05, 0.1) is 5.69 Å². The van der Waals surface area contributed by atoms with Gasteiger partial charge in [0.25, 0.3) is 0 Å². The number of phenols is 1. The average Bonchev–Trinajstić information content (AvgIpc) is 2.99. The number of imidazole rings is 1. The third-order valence-electron chi connectivity index (χ3n) is 4.20. The molecule has 0 unspecified atom stereocenters. The number of halogens is 1. The lowest BCUT2D eigenvalue weighted by atomic mass is 10.1. The van der Waals surface area contributed by atoms with Crippen molar-refractivity contribution in [2.45, 2.75) is 19.0 Å². The number of hydrogen-bond donors (Lipinski definition) is 1. The molecule has 0 bridgehead atoms. The van der Waals surface area contributed by atoms with E-state index in [4.69, 9.17) is 0 Å². The summed E-state index contributed by atoms with van der Waals surface area (Å²) >= 11 is 0. The molecule has 1 fully saturated rings. The summed E-state index contributed by atoms with van der Waals surface area (Å²) in [6.07, 6.45) is 4.21. The Kier molecular flexibility index (Phi) is 3.37. The number of alkyl halides is 1. The maximum Gasteiger partial charge on any atom is 0.236 e. The Hall–Kier alpha value is -2.63. The van der Waals surface area contributed by atoms with E-state index in [1.165, 1.54) is 0 Å². The number of hydrogen-bond acceptors (Lipinski definition) is 4. The van der Waals surface area contributed by atoms with Crippen LogP contribution in [0, 0.1) is 0 Å². The fourth-order valence-corrected chi connectivity index (χ4v) is 2.92. The van der Waals surface area contributed by atoms with E-state index in [9.17, 15) is 9.50 Å². The summed E-state index contributed by atoms with van der Waals surface area (Å²) in [6.45, 7) is 1.37. The number of anilines is 1. The molecule has 0 spiro atoms. The highest BCUT2D eigenvalue weighted by molar-refractivity contribution is 5.63. The largest absolute Gasteiger partial charge is 0.508 e. The van der Waals surface area contributed by atoms with Crippen LogP contribution in [0.4, 0.5) is 10.2 Å². The minimum atomic E-state index is -0.696. The Morgan fingerprint density at radius 2 is 1.96 bits per heavy atom. The first-order chi connectivity index (χ1) is 11.2. The molecule has 1 N–H and O–H groups in total. The number of fused-ring (bicyclic) bond motifs is 1. The van der Waals surface area contributed by atoms with Crippen molar-refractivity contribution in [1.29, 1.82) is 0 Å². The summed E-state index contributed by atoms with van der Waals surface area (Å²) in [6, 6.07) is 8.92. The van der Waals surface area contributed by atoms with Gasteiger partial charge in [-0.3, -0.25) is 4.40 Å². The monoisotopic (exact) mass is 312 g/mol. The number of nitrogens with zero attached hydrogens (tertiary/aromatic N) is 4. The highest BCUT2D eigenvalue weighted by atomic mass is 19.1. The topological polar surface area (TPSA) is 53.7 Å². The molecule has 1 aliphatic rings. The van der Waals surface area contributed by atoms with Crippen molar-refractivity contribution in [2.24, 2.45) is 0 Å². The molecule has 4 rings (SSSR count). The van der Waals surface area contributed by atoms with Crippen molar-refractivity contribution >= 4 is 11.6 Å². The van der Waals surface area contributed by atoms with Crippen LogP contribution in [0.25, 0.3) is 17.0 Å². The van der Waals surface area contributed by atoms with Crippen LogP contribution < -0.4 is 4.90 Å². The molecule has 1 aromatic carbocycles. The minimum Gasteiger partial charge on any atom is -0.508 e. The number of rotatable bonds is 2. The third-order valence-corrected chi connectivity index (χ3v) is 4.20. The van der Waals surface area contributed by atoms with Gasteiger partial charge in [0.15, 0.2) is 0 Å². The van der Waals surface area contributed by atoms with E-state index >= 15 is 0 Å². The lowest BCUT2D eigenvalue weighted by molar-refractivity contribution is 0.277. The van der Waals surface area contributed by atoms with Gasteiger partial charge in [-0.15, -0.1) is 0 Å². The molecule has 2 aromatic heterocycles. The first-order valence-corrected chi connectivity index (χ1v) is 7.73. The molecule has 0 aliphatic carbocycles. The standard InChI is InChI=1S/C17H17FN4O/c18-13-4-7-21(8-5-13)16-6-9-22-11-15(19-17(22)20-16)12-2-1-3-14(23)10-12/h1-3,6,9-11,13,23H,4-5,7-8H2. The molecule has 0 amide bonds. The normalized spacial score (nSPS) is 16.1. The smallest absolute Gasteiger partial charge is 0.236 e. The molecular formula is C17H17FN4O. The van der Waals surface area contributed by atoms with E-state index in [2.05, 4.69) is 14.9 Å². The number of phenolic OH excluding ortho intramolecular Hbond substituents is 1. The first kappa shape index (κ1) is 14.0. The lowest BCUT2D eigenvalue weighted by Crippen LogP contribution is -2.34. The van der Waals surface area contributed by atoms with Gasteiger partial charge in [-0.25, -0.2) is 9.37 Å². The van der Waals surface area contributed by atoms with Crippen molar-refractivity contribution in [3.8, 4) is 17.0 Å². The summed E-state index contributed by atoms with van der Waals surface area (Å²) < 4.78 is 15.1. The Morgan fingerprint density at radius 3 is 2.74 bits per heavy atom.